The molecule has 1 aliphatic rings. The lowest BCUT2D eigenvalue weighted by molar-refractivity contribution is 0.0115. The molecule has 1 fully saturated rings. The highest BCUT2D eigenvalue weighted by Crippen LogP contribution is 2.28. The molecule has 8 heteroatoms. The standard InChI is InChI=1S/C18H17F2N5O/c19-18(20)5-6-24(11-18)10-12-7-13(9-22-8-12)25-15-4-2-1-3-14(15)16(23-25)17(21)26/h1-4,7-9H,5-6,10-11H2,(H2,21,26). The van der Waals surface area contributed by atoms with Crippen LogP contribution in [0.1, 0.15) is 22.5 Å². The summed E-state index contributed by atoms with van der Waals surface area (Å²) >= 11 is 0. The number of pyridine rings is 1. The van der Waals surface area contributed by atoms with E-state index >= 15 is 0 Å². The average Bonchev–Trinajstić information content (AvgIpc) is 3.15. The van der Waals surface area contributed by atoms with Gasteiger partial charge in [-0.05, 0) is 17.7 Å². The number of likely N-dealkylation sites (tertiary alicyclic amines) is 1. The fraction of sp³-hybridized carbons (Fsp3) is 0.278. The van der Waals surface area contributed by atoms with Crippen LogP contribution >= 0.6 is 0 Å². The fourth-order valence-electron chi connectivity index (χ4n) is 3.32. The lowest BCUT2D eigenvalue weighted by atomic mass is 10.2. The summed E-state index contributed by atoms with van der Waals surface area (Å²) in [5.41, 5.74) is 7.80. The number of para-hydroxylation sites is 1. The molecule has 0 radical (unpaired) electrons. The van der Waals surface area contributed by atoms with E-state index in [0.717, 1.165) is 11.1 Å². The van der Waals surface area contributed by atoms with Crippen molar-refractivity contribution in [3.8, 4) is 5.69 Å². The normalized spacial score (nSPS) is 17.0. The highest BCUT2D eigenvalue weighted by Gasteiger charge is 2.37. The molecule has 1 saturated heterocycles. The molecule has 3 aromatic rings. The van der Waals surface area contributed by atoms with Crippen LogP contribution in [0.5, 0.6) is 0 Å². The molecular weight excluding hydrogens is 340 g/mol. The maximum atomic E-state index is 13.4. The molecular formula is C18H17F2N5O. The highest BCUT2D eigenvalue weighted by molar-refractivity contribution is 6.04. The van der Waals surface area contributed by atoms with Gasteiger partial charge in [0.15, 0.2) is 5.69 Å². The summed E-state index contributed by atoms with van der Waals surface area (Å²) in [5.74, 6) is -3.23. The Labute approximate surface area is 148 Å². The van der Waals surface area contributed by atoms with Crippen LogP contribution in [0.25, 0.3) is 16.6 Å². The van der Waals surface area contributed by atoms with Crippen molar-refractivity contribution < 1.29 is 13.6 Å². The van der Waals surface area contributed by atoms with Crippen LogP contribution < -0.4 is 5.73 Å². The maximum Gasteiger partial charge on any atom is 0.269 e. The number of nitrogens with zero attached hydrogens (tertiary/aromatic N) is 4. The van der Waals surface area contributed by atoms with Crippen molar-refractivity contribution in [3.05, 3.63) is 54.0 Å². The van der Waals surface area contributed by atoms with E-state index in [2.05, 4.69) is 10.1 Å². The predicted octanol–water partition coefficient (Wildman–Crippen LogP) is 2.36. The van der Waals surface area contributed by atoms with E-state index in [0.29, 0.717) is 24.2 Å². The topological polar surface area (TPSA) is 77.0 Å². The Hall–Kier alpha value is -2.87. The minimum atomic E-state index is -2.63. The van der Waals surface area contributed by atoms with E-state index in [9.17, 15) is 13.6 Å². The maximum absolute atomic E-state index is 13.4. The minimum absolute atomic E-state index is 0.119. The first kappa shape index (κ1) is 16.6. The quantitative estimate of drug-likeness (QED) is 0.778. The van der Waals surface area contributed by atoms with Crippen molar-refractivity contribution >= 4 is 16.8 Å². The van der Waals surface area contributed by atoms with Crippen LogP contribution in [0.3, 0.4) is 0 Å². The number of amides is 1. The number of hydrogen-bond donors (Lipinski definition) is 1. The van der Waals surface area contributed by atoms with Gasteiger partial charge in [0, 0.05) is 31.1 Å². The minimum Gasteiger partial charge on any atom is -0.364 e. The number of primary amides is 1. The molecule has 0 saturated carbocycles. The SMILES string of the molecule is NC(=O)c1nn(-c2cncc(CN3CCC(F)(F)C3)c2)c2ccccc12. The van der Waals surface area contributed by atoms with Crippen LogP contribution in [-0.4, -0.2) is 44.6 Å². The summed E-state index contributed by atoms with van der Waals surface area (Å²) in [6.45, 7) is 0.500. The van der Waals surface area contributed by atoms with Crippen LogP contribution in [0.4, 0.5) is 8.78 Å². The molecule has 2 N–H and O–H groups in total. The summed E-state index contributed by atoms with van der Waals surface area (Å²) in [7, 11) is 0. The van der Waals surface area contributed by atoms with Gasteiger partial charge in [-0.15, -0.1) is 0 Å². The van der Waals surface area contributed by atoms with Gasteiger partial charge in [0.1, 0.15) is 0 Å². The van der Waals surface area contributed by atoms with E-state index in [1.165, 1.54) is 0 Å². The molecule has 0 bridgehead atoms. The van der Waals surface area contributed by atoms with Gasteiger partial charge in [0.05, 0.1) is 23.9 Å². The van der Waals surface area contributed by atoms with Gasteiger partial charge in [0.2, 0.25) is 0 Å². The average molecular weight is 357 g/mol. The Morgan fingerprint density at radius 2 is 2.08 bits per heavy atom. The van der Waals surface area contributed by atoms with Crippen LogP contribution in [0.15, 0.2) is 42.7 Å². The summed E-state index contributed by atoms with van der Waals surface area (Å²) in [5, 5.41) is 4.98. The fourth-order valence-corrected chi connectivity index (χ4v) is 3.32. The van der Waals surface area contributed by atoms with E-state index in [1.54, 1.807) is 28.0 Å². The van der Waals surface area contributed by atoms with Gasteiger partial charge < -0.3 is 5.73 Å². The van der Waals surface area contributed by atoms with Gasteiger partial charge in [-0.25, -0.2) is 13.5 Å². The molecule has 0 aliphatic carbocycles. The molecule has 26 heavy (non-hydrogen) atoms. The summed E-state index contributed by atoms with van der Waals surface area (Å²) < 4.78 is 28.4. The smallest absolute Gasteiger partial charge is 0.269 e. The molecule has 4 rings (SSSR count). The lowest BCUT2D eigenvalue weighted by Gasteiger charge is -2.15. The third-order valence-corrected chi connectivity index (χ3v) is 4.50. The number of carbonyl (C=O) groups is 1. The molecule has 0 spiro atoms. The zero-order valence-corrected chi connectivity index (χ0v) is 13.9. The molecule has 1 aliphatic heterocycles. The predicted molar refractivity (Wildman–Crippen MR) is 92.2 cm³/mol. The number of aromatic nitrogens is 3. The summed E-state index contributed by atoms with van der Waals surface area (Å²) in [6, 6.07) is 9.11. The van der Waals surface area contributed by atoms with Gasteiger partial charge in [0.25, 0.3) is 11.8 Å². The Balaban J connectivity index is 1.69. The first-order valence-corrected chi connectivity index (χ1v) is 8.25. The Bertz CT molecular complexity index is 985. The second-order valence-corrected chi connectivity index (χ2v) is 6.51. The van der Waals surface area contributed by atoms with Crippen molar-refractivity contribution in [2.45, 2.75) is 18.9 Å². The molecule has 3 heterocycles. The molecule has 0 atom stereocenters. The number of benzene rings is 1. The molecule has 1 aromatic carbocycles. The summed E-state index contributed by atoms with van der Waals surface area (Å²) in [4.78, 5) is 17.6. The first-order chi connectivity index (χ1) is 12.4. The highest BCUT2D eigenvalue weighted by atomic mass is 19.3. The van der Waals surface area contributed by atoms with Crippen molar-refractivity contribution in [2.24, 2.45) is 5.73 Å². The molecule has 2 aromatic heterocycles. The van der Waals surface area contributed by atoms with Crippen molar-refractivity contribution in [2.75, 3.05) is 13.1 Å². The number of carbonyl (C=O) groups excluding carboxylic acids is 1. The van der Waals surface area contributed by atoms with Crippen LogP contribution in [0.2, 0.25) is 0 Å². The number of fused-ring (bicyclic) bond motifs is 1. The second kappa shape index (κ2) is 6.14. The number of rotatable bonds is 4. The zero-order valence-electron chi connectivity index (χ0n) is 13.9. The molecule has 1 amide bonds. The third-order valence-electron chi connectivity index (χ3n) is 4.50. The van der Waals surface area contributed by atoms with Gasteiger partial charge in [-0.3, -0.25) is 14.7 Å². The number of alkyl halides is 2. The molecule has 6 nitrogen and oxygen atoms in total. The molecule has 134 valence electrons. The lowest BCUT2D eigenvalue weighted by Crippen LogP contribution is -2.25. The van der Waals surface area contributed by atoms with E-state index < -0.39 is 11.8 Å². The molecule has 0 unspecified atom stereocenters. The number of nitrogens with two attached hydrogens (primary N) is 1. The van der Waals surface area contributed by atoms with Gasteiger partial charge in [-0.1, -0.05) is 18.2 Å². The second-order valence-electron chi connectivity index (χ2n) is 6.51. The Kier molecular flexibility index (Phi) is 3.91. The largest absolute Gasteiger partial charge is 0.364 e. The monoisotopic (exact) mass is 357 g/mol. The zero-order chi connectivity index (χ0) is 18.3. The first-order valence-electron chi connectivity index (χ1n) is 8.25. The van der Waals surface area contributed by atoms with Crippen molar-refractivity contribution in [3.63, 3.8) is 0 Å². The van der Waals surface area contributed by atoms with Crippen LogP contribution in [0, 0.1) is 0 Å². The van der Waals surface area contributed by atoms with Crippen molar-refractivity contribution in [1.29, 1.82) is 0 Å². The van der Waals surface area contributed by atoms with E-state index in [4.69, 9.17) is 5.73 Å². The van der Waals surface area contributed by atoms with E-state index in [-0.39, 0.29) is 18.7 Å². The van der Waals surface area contributed by atoms with Crippen LogP contribution in [-0.2, 0) is 6.54 Å². The van der Waals surface area contributed by atoms with Gasteiger partial charge >= 0.3 is 0 Å². The Morgan fingerprint density at radius 3 is 2.81 bits per heavy atom. The third kappa shape index (κ3) is 3.03. The van der Waals surface area contributed by atoms with Gasteiger partial charge in [-0.2, -0.15) is 5.10 Å². The Morgan fingerprint density at radius 1 is 1.27 bits per heavy atom. The van der Waals surface area contributed by atoms with E-state index in [1.807, 2.05) is 24.3 Å². The van der Waals surface area contributed by atoms with Crippen molar-refractivity contribution in [1.82, 2.24) is 19.7 Å². The number of halogens is 2. The summed E-state index contributed by atoms with van der Waals surface area (Å²) in [6.07, 6.45) is 3.15. The number of hydrogen-bond acceptors (Lipinski definition) is 4.